The molecule has 2 heterocycles. The molecule has 0 saturated carbocycles. The molecule has 16 heteroatoms. The van der Waals surface area contributed by atoms with Crippen molar-refractivity contribution in [2.75, 3.05) is 34.5 Å². The lowest BCUT2D eigenvalue weighted by molar-refractivity contribution is -0.170. The lowest BCUT2D eigenvalue weighted by atomic mass is 9.95. The second-order valence-corrected chi connectivity index (χ2v) is 11.6. The molecule has 0 radical (unpaired) electrons. The lowest BCUT2D eigenvalue weighted by Gasteiger charge is -2.25. The van der Waals surface area contributed by atoms with Crippen molar-refractivity contribution in [3.63, 3.8) is 0 Å². The number of hydrogen-bond donors (Lipinski definition) is 0. The predicted octanol–water partition coefficient (Wildman–Crippen LogP) is 4.10. The number of fused-ring (bicyclic) bond motifs is 2. The average molecular weight is 701 g/mol. The van der Waals surface area contributed by atoms with Crippen LogP contribution in [0.15, 0.2) is 30.3 Å². The second kappa shape index (κ2) is 16.2. The van der Waals surface area contributed by atoms with Gasteiger partial charge in [0.05, 0.1) is 18.0 Å². The molecule has 0 N–H and O–H groups in total. The molecule has 2 aliphatic heterocycles. The number of carbonyl (C=O) groups excluding carboxylic acids is 6. The number of hydrogen-bond acceptors (Lipinski definition) is 14. The maximum absolute atomic E-state index is 13.4. The Kier molecular flexibility index (Phi) is 12.1. The van der Waals surface area contributed by atoms with Crippen LogP contribution in [-0.2, 0) is 35.0 Å². The number of ether oxygens (including phenoxy) is 8. The average Bonchev–Trinajstić information content (AvgIpc) is 3.79. The van der Waals surface area contributed by atoms with Crippen molar-refractivity contribution in [2.24, 2.45) is 5.92 Å². The Bertz CT molecular complexity index is 1640. The number of carbonyl (C=O) groups is 6. The minimum atomic E-state index is -1.30. The molecule has 2 aromatic rings. The zero-order chi connectivity index (χ0) is 36.7. The van der Waals surface area contributed by atoms with E-state index in [1.165, 1.54) is 53.1 Å². The van der Waals surface area contributed by atoms with E-state index >= 15 is 0 Å². The van der Waals surface area contributed by atoms with Crippen molar-refractivity contribution in [1.29, 1.82) is 0 Å². The zero-order valence-corrected chi connectivity index (χ0v) is 28.8. The van der Waals surface area contributed by atoms with Crippen LogP contribution in [0.25, 0.3) is 0 Å². The highest BCUT2D eigenvalue weighted by atomic mass is 16.7. The van der Waals surface area contributed by atoms with Crippen LogP contribution >= 0.6 is 0 Å². The number of nitrogens with zero attached hydrogens (tertiary/aromatic N) is 2. The lowest BCUT2D eigenvalue weighted by Crippen LogP contribution is -2.42. The molecule has 16 nitrogen and oxygen atoms in total. The van der Waals surface area contributed by atoms with Gasteiger partial charge in [-0.2, -0.15) is 0 Å². The van der Waals surface area contributed by atoms with Crippen LogP contribution in [0.3, 0.4) is 0 Å². The Labute approximate surface area is 288 Å². The van der Waals surface area contributed by atoms with Gasteiger partial charge in [-0.15, -0.1) is 0 Å². The van der Waals surface area contributed by atoms with Crippen LogP contribution in [0, 0.1) is 5.92 Å². The van der Waals surface area contributed by atoms with Gasteiger partial charge >= 0.3 is 24.1 Å². The minimum Gasteiger partial charge on any atom is -0.454 e. The first kappa shape index (κ1) is 37.3. The number of benzene rings is 2. The number of Topliss-reactive ketones (excluding diaryl/α,β-unsaturated/α-hetero) is 2. The van der Waals surface area contributed by atoms with Gasteiger partial charge in [-0.1, -0.05) is 13.8 Å². The molecule has 270 valence electrons. The Morgan fingerprint density at radius 1 is 0.720 bits per heavy atom. The van der Waals surface area contributed by atoms with Crippen molar-refractivity contribution >= 4 is 35.7 Å². The molecule has 50 heavy (non-hydrogen) atoms. The Hall–Kier alpha value is -5.54. The standard InChI is InChI=1S/C34H40N2O14/c1-8-28(37)46-17-48-33(41)35(6)20(4)30(39)23-12-24(31-27(14-23)45-16-47-31)11-18(2)32(40)49-21(5)50-34(42)36(7)19(3)29(38)22-9-10-25-26(13-22)44-15-43-25/h9-10,12-14,18-21H,8,11,15-17H2,1-7H3. The molecule has 4 atom stereocenters. The summed E-state index contributed by atoms with van der Waals surface area (Å²) in [4.78, 5) is 78.1. The smallest absolute Gasteiger partial charge is 0.413 e. The summed E-state index contributed by atoms with van der Waals surface area (Å²) >= 11 is 0. The molecule has 0 bridgehead atoms. The van der Waals surface area contributed by atoms with E-state index in [9.17, 15) is 28.8 Å². The second-order valence-electron chi connectivity index (χ2n) is 11.6. The van der Waals surface area contributed by atoms with Gasteiger partial charge in [0.15, 0.2) is 34.6 Å². The summed E-state index contributed by atoms with van der Waals surface area (Å²) < 4.78 is 42.0. The van der Waals surface area contributed by atoms with E-state index in [2.05, 4.69) is 0 Å². The first-order valence-corrected chi connectivity index (χ1v) is 15.8. The molecular formula is C34H40N2O14. The van der Waals surface area contributed by atoms with Crippen molar-refractivity contribution in [1.82, 2.24) is 9.80 Å². The molecule has 4 unspecified atom stereocenters. The molecule has 0 spiro atoms. The van der Waals surface area contributed by atoms with Crippen molar-refractivity contribution in [2.45, 2.75) is 65.8 Å². The highest BCUT2D eigenvalue weighted by Gasteiger charge is 2.31. The predicted molar refractivity (Wildman–Crippen MR) is 171 cm³/mol. The highest BCUT2D eigenvalue weighted by Crippen LogP contribution is 2.39. The number of ketones is 2. The van der Waals surface area contributed by atoms with Crippen molar-refractivity contribution in [3.05, 3.63) is 47.0 Å². The zero-order valence-electron chi connectivity index (χ0n) is 28.8. The number of rotatable bonds is 14. The van der Waals surface area contributed by atoms with Gasteiger partial charge in [0.2, 0.25) is 26.7 Å². The van der Waals surface area contributed by atoms with Gasteiger partial charge in [-0.3, -0.25) is 19.2 Å². The first-order chi connectivity index (χ1) is 23.7. The van der Waals surface area contributed by atoms with Gasteiger partial charge in [0.1, 0.15) is 0 Å². The van der Waals surface area contributed by atoms with Crippen LogP contribution in [0.2, 0.25) is 0 Å². The molecule has 0 saturated heterocycles. The molecule has 2 amide bonds. The van der Waals surface area contributed by atoms with E-state index in [0.29, 0.717) is 28.4 Å². The molecular weight excluding hydrogens is 660 g/mol. The highest BCUT2D eigenvalue weighted by molar-refractivity contribution is 6.02. The van der Waals surface area contributed by atoms with Crippen LogP contribution in [-0.4, -0.2) is 98.3 Å². The Balaban J connectivity index is 1.33. The summed E-state index contributed by atoms with van der Waals surface area (Å²) in [5, 5.41) is 0. The molecule has 0 aliphatic carbocycles. The van der Waals surface area contributed by atoms with Crippen LogP contribution < -0.4 is 18.9 Å². The molecule has 2 aromatic carbocycles. The normalized spacial score (nSPS) is 14.8. The third-order valence-corrected chi connectivity index (χ3v) is 8.16. The van der Waals surface area contributed by atoms with Gasteiger partial charge < -0.3 is 47.7 Å². The molecule has 0 aromatic heterocycles. The number of likely N-dealkylation sites (N-methyl/N-ethyl adjacent to an activating group) is 2. The molecule has 0 fully saturated rings. The maximum atomic E-state index is 13.4. The van der Waals surface area contributed by atoms with Crippen LogP contribution in [0.4, 0.5) is 9.59 Å². The fourth-order valence-electron chi connectivity index (χ4n) is 4.87. The van der Waals surface area contributed by atoms with E-state index in [-0.39, 0.29) is 43.5 Å². The SMILES string of the molecule is CCC(=O)OCOC(=O)N(C)C(C)C(=O)c1cc(CC(C)C(=O)OC(C)OC(=O)N(C)C(C)C(=O)c2ccc3c(c2)OCO3)c2c(c1)OCO2. The van der Waals surface area contributed by atoms with E-state index in [1.54, 1.807) is 26.0 Å². The summed E-state index contributed by atoms with van der Waals surface area (Å²) in [5.41, 5.74) is 0.970. The fraction of sp³-hybridized carbons (Fsp3) is 0.471. The van der Waals surface area contributed by atoms with E-state index in [0.717, 1.165) is 9.80 Å². The molecule has 2 aliphatic rings. The summed E-state index contributed by atoms with van der Waals surface area (Å²) in [6, 6.07) is 5.84. The first-order valence-electron chi connectivity index (χ1n) is 15.8. The summed E-state index contributed by atoms with van der Waals surface area (Å²) in [7, 11) is 2.75. The van der Waals surface area contributed by atoms with E-state index in [1.807, 2.05) is 0 Å². The fourth-order valence-corrected chi connectivity index (χ4v) is 4.87. The number of amides is 2. The monoisotopic (exact) mass is 700 g/mol. The third-order valence-electron chi connectivity index (χ3n) is 8.16. The largest absolute Gasteiger partial charge is 0.454 e. The Morgan fingerprint density at radius 3 is 2.02 bits per heavy atom. The van der Waals surface area contributed by atoms with E-state index in [4.69, 9.17) is 37.9 Å². The molecule has 4 rings (SSSR count). The summed E-state index contributed by atoms with van der Waals surface area (Å²) in [6.45, 7) is 6.94. The topological polar surface area (TPSA) is 183 Å². The van der Waals surface area contributed by atoms with Crippen molar-refractivity contribution in [3.8, 4) is 23.0 Å². The van der Waals surface area contributed by atoms with Crippen molar-refractivity contribution < 1.29 is 66.7 Å². The van der Waals surface area contributed by atoms with Crippen LogP contribution in [0.1, 0.15) is 67.3 Å². The number of esters is 2. The van der Waals surface area contributed by atoms with Gasteiger partial charge in [0, 0.05) is 38.6 Å². The van der Waals surface area contributed by atoms with Gasteiger partial charge in [-0.25, -0.2) is 9.59 Å². The minimum absolute atomic E-state index is 0.0547. The summed E-state index contributed by atoms with van der Waals surface area (Å²) in [5.74, 6) is -1.29. The van der Waals surface area contributed by atoms with E-state index < -0.39 is 61.0 Å². The van der Waals surface area contributed by atoms with Crippen LogP contribution in [0.5, 0.6) is 23.0 Å². The summed E-state index contributed by atoms with van der Waals surface area (Å²) in [6.07, 6.45) is -2.89. The quantitative estimate of drug-likeness (QED) is 0.156. The maximum Gasteiger partial charge on any atom is 0.413 e. The van der Waals surface area contributed by atoms with Gasteiger partial charge in [-0.05, 0) is 56.2 Å². The Morgan fingerprint density at radius 2 is 1.32 bits per heavy atom. The van der Waals surface area contributed by atoms with Gasteiger partial charge in [0.25, 0.3) is 0 Å². The third kappa shape index (κ3) is 8.73.